The number of amides is 1. The van der Waals surface area contributed by atoms with Gasteiger partial charge in [0.25, 0.3) is 0 Å². The van der Waals surface area contributed by atoms with Gasteiger partial charge < -0.3 is 14.8 Å². The fourth-order valence-electron chi connectivity index (χ4n) is 1.84. The zero-order valence-electron chi connectivity index (χ0n) is 13.5. The molecule has 0 fully saturated rings. The first-order valence-corrected chi connectivity index (χ1v) is 6.92. The Labute approximate surface area is 134 Å². The SMILES string of the molecule is COC(=O)[C@H](Cc1ccc(F)cc1C#N)NC(=O)OC(C)(C)C. The van der Waals surface area contributed by atoms with E-state index in [0.717, 1.165) is 6.07 Å². The summed E-state index contributed by atoms with van der Waals surface area (Å²) in [6, 6.07) is 4.44. The van der Waals surface area contributed by atoms with Crippen LogP contribution < -0.4 is 5.32 Å². The fourth-order valence-corrected chi connectivity index (χ4v) is 1.84. The summed E-state index contributed by atoms with van der Waals surface area (Å²) < 4.78 is 22.9. The van der Waals surface area contributed by atoms with Crippen molar-refractivity contribution in [3.63, 3.8) is 0 Å². The lowest BCUT2D eigenvalue weighted by Gasteiger charge is -2.22. The highest BCUT2D eigenvalue weighted by molar-refractivity contribution is 5.81. The van der Waals surface area contributed by atoms with Crippen LogP contribution in [-0.4, -0.2) is 30.8 Å². The minimum Gasteiger partial charge on any atom is -0.467 e. The summed E-state index contributed by atoms with van der Waals surface area (Å²) in [6.45, 7) is 5.06. The van der Waals surface area contributed by atoms with Crippen LogP contribution in [0.25, 0.3) is 0 Å². The molecule has 23 heavy (non-hydrogen) atoms. The molecule has 0 saturated heterocycles. The summed E-state index contributed by atoms with van der Waals surface area (Å²) in [6.07, 6.45) is -0.803. The average molecular weight is 322 g/mol. The molecular formula is C16H19FN2O4. The monoisotopic (exact) mass is 322 g/mol. The van der Waals surface area contributed by atoms with Gasteiger partial charge in [-0.3, -0.25) is 0 Å². The molecule has 6 nitrogen and oxygen atoms in total. The zero-order valence-corrected chi connectivity index (χ0v) is 13.5. The lowest BCUT2D eigenvalue weighted by molar-refractivity contribution is -0.143. The summed E-state index contributed by atoms with van der Waals surface area (Å²) in [5.74, 6) is -1.25. The minimum atomic E-state index is -1.05. The maximum atomic E-state index is 13.2. The molecule has 0 bridgehead atoms. The molecule has 1 aromatic carbocycles. The van der Waals surface area contributed by atoms with Crippen LogP contribution in [0.3, 0.4) is 0 Å². The molecule has 0 unspecified atom stereocenters. The summed E-state index contributed by atoms with van der Waals surface area (Å²) in [5.41, 5.74) is -0.219. The second-order valence-electron chi connectivity index (χ2n) is 5.84. The Morgan fingerprint density at radius 2 is 2.04 bits per heavy atom. The maximum Gasteiger partial charge on any atom is 0.408 e. The molecule has 0 radical (unpaired) electrons. The topological polar surface area (TPSA) is 88.4 Å². The predicted octanol–water partition coefficient (Wildman–Crippen LogP) is 2.31. The Morgan fingerprint density at radius 1 is 1.39 bits per heavy atom. The summed E-state index contributed by atoms with van der Waals surface area (Å²) in [5, 5.41) is 11.4. The van der Waals surface area contributed by atoms with Crippen LogP contribution in [0.15, 0.2) is 18.2 Å². The number of nitriles is 1. The number of carbonyl (C=O) groups excluding carboxylic acids is 2. The number of esters is 1. The van der Waals surface area contributed by atoms with Gasteiger partial charge in [-0.2, -0.15) is 5.26 Å². The van der Waals surface area contributed by atoms with Crippen molar-refractivity contribution in [3.05, 3.63) is 35.1 Å². The fraction of sp³-hybridized carbons (Fsp3) is 0.438. The number of ether oxygens (including phenoxy) is 2. The highest BCUT2D eigenvalue weighted by atomic mass is 19.1. The molecule has 1 aromatic rings. The van der Waals surface area contributed by atoms with Crippen molar-refractivity contribution >= 4 is 12.1 Å². The van der Waals surface area contributed by atoms with Gasteiger partial charge in [-0.25, -0.2) is 14.0 Å². The van der Waals surface area contributed by atoms with Crippen LogP contribution >= 0.6 is 0 Å². The van der Waals surface area contributed by atoms with Crippen molar-refractivity contribution in [2.75, 3.05) is 7.11 Å². The van der Waals surface area contributed by atoms with Crippen molar-refractivity contribution in [3.8, 4) is 6.07 Å². The zero-order chi connectivity index (χ0) is 17.6. The molecular weight excluding hydrogens is 303 g/mol. The number of nitrogens with zero attached hydrogens (tertiary/aromatic N) is 1. The van der Waals surface area contributed by atoms with E-state index in [0.29, 0.717) is 5.56 Å². The van der Waals surface area contributed by atoms with Crippen LogP contribution in [0.5, 0.6) is 0 Å². The van der Waals surface area contributed by atoms with Gasteiger partial charge in [-0.05, 0) is 38.5 Å². The molecule has 0 spiro atoms. The van der Waals surface area contributed by atoms with Gasteiger partial charge in [0.05, 0.1) is 18.7 Å². The lowest BCUT2D eigenvalue weighted by Crippen LogP contribution is -2.45. The van der Waals surface area contributed by atoms with E-state index in [4.69, 9.17) is 10.00 Å². The van der Waals surface area contributed by atoms with E-state index in [1.807, 2.05) is 6.07 Å². The lowest BCUT2D eigenvalue weighted by atomic mass is 10.0. The average Bonchev–Trinajstić information content (AvgIpc) is 2.45. The van der Waals surface area contributed by atoms with E-state index in [2.05, 4.69) is 10.1 Å². The molecule has 0 aliphatic rings. The Kier molecular flexibility index (Phi) is 6.08. The number of hydrogen-bond acceptors (Lipinski definition) is 5. The van der Waals surface area contributed by atoms with Crippen molar-refractivity contribution in [1.29, 1.82) is 5.26 Å². The first-order chi connectivity index (χ1) is 10.7. The van der Waals surface area contributed by atoms with Gasteiger partial charge in [0.2, 0.25) is 0 Å². The van der Waals surface area contributed by atoms with Crippen molar-refractivity contribution in [2.45, 2.75) is 38.8 Å². The van der Waals surface area contributed by atoms with Crippen LogP contribution in [-0.2, 0) is 20.7 Å². The highest BCUT2D eigenvalue weighted by Gasteiger charge is 2.26. The third-order valence-corrected chi connectivity index (χ3v) is 2.79. The smallest absolute Gasteiger partial charge is 0.408 e. The molecule has 0 aliphatic carbocycles. The second-order valence-corrected chi connectivity index (χ2v) is 5.84. The molecule has 0 aliphatic heterocycles. The molecule has 1 N–H and O–H groups in total. The third-order valence-electron chi connectivity index (χ3n) is 2.79. The van der Waals surface area contributed by atoms with Gasteiger partial charge in [-0.15, -0.1) is 0 Å². The molecule has 1 amide bonds. The Balaban J connectivity index is 2.94. The third kappa shape index (κ3) is 5.94. The summed E-state index contributed by atoms with van der Waals surface area (Å²) in [7, 11) is 1.18. The molecule has 124 valence electrons. The van der Waals surface area contributed by atoms with E-state index in [-0.39, 0.29) is 12.0 Å². The van der Waals surface area contributed by atoms with Crippen LogP contribution in [0.1, 0.15) is 31.9 Å². The quantitative estimate of drug-likeness (QED) is 0.859. The van der Waals surface area contributed by atoms with E-state index in [9.17, 15) is 14.0 Å². The number of nitrogens with one attached hydrogen (secondary N) is 1. The van der Waals surface area contributed by atoms with Crippen LogP contribution in [0.4, 0.5) is 9.18 Å². The molecule has 0 aromatic heterocycles. The molecule has 7 heteroatoms. The van der Waals surface area contributed by atoms with Crippen molar-refractivity contribution in [1.82, 2.24) is 5.32 Å². The van der Waals surface area contributed by atoms with Crippen molar-refractivity contribution < 1.29 is 23.5 Å². The van der Waals surface area contributed by atoms with Gasteiger partial charge in [-0.1, -0.05) is 6.07 Å². The minimum absolute atomic E-state index is 0.0188. The Bertz CT molecular complexity index is 632. The maximum absolute atomic E-state index is 13.2. The number of benzene rings is 1. The summed E-state index contributed by atoms with van der Waals surface area (Å²) >= 11 is 0. The Hall–Kier alpha value is -2.62. The van der Waals surface area contributed by atoms with Gasteiger partial charge in [0.1, 0.15) is 17.5 Å². The van der Waals surface area contributed by atoms with E-state index in [1.54, 1.807) is 20.8 Å². The normalized spacial score (nSPS) is 12.0. The van der Waals surface area contributed by atoms with E-state index >= 15 is 0 Å². The number of hydrogen-bond donors (Lipinski definition) is 1. The first-order valence-electron chi connectivity index (χ1n) is 6.92. The first kappa shape index (κ1) is 18.4. The van der Waals surface area contributed by atoms with Crippen LogP contribution in [0.2, 0.25) is 0 Å². The van der Waals surface area contributed by atoms with Gasteiger partial charge >= 0.3 is 12.1 Å². The number of carbonyl (C=O) groups is 2. The Morgan fingerprint density at radius 3 is 2.57 bits per heavy atom. The molecule has 0 heterocycles. The molecule has 1 atom stereocenters. The number of rotatable bonds is 4. The van der Waals surface area contributed by atoms with Crippen LogP contribution in [0, 0.1) is 17.1 Å². The van der Waals surface area contributed by atoms with Gasteiger partial charge in [0, 0.05) is 6.42 Å². The largest absolute Gasteiger partial charge is 0.467 e. The number of halogens is 1. The second kappa shape index (κ2) is 7.58. The predicted molar refractivity (Wildman–Crippen MR) is 80.0 cm³/mol. The van der Waals surface area contributed by atoms with Gasteiger partial charge in [0.15, 0.2) is 0 Å². The summed E-state index contributed by atoms with van der Waals surface area (Å²) in [4.78, 5) is 23.7. The standard InChI is InChI=1S/C16H19FN2O4/c1-16(2,3)23-15(21)19-13(14(20)22-4)8-10-5-6-12(17)7-11(10)9-18/h5-7,13H,8H2,1-4H3,(H,19,21)/t13-/m0/s1. The van der Waals surface area contributed by atoms with E-state index < -0.39 is 29.5 Å². The van der Waals surface area contributed by atoms with Crippen molar-refractivity contribution in [2.24, 2.45) is 0 Å². The molecule has 0 saturated carbocycles. The number of alkyl carbamates (subject to hydrolysis) is 1. The van der Waals surface area contributed by atoms with E-state index in [1.165, 1.54) is 19.2 Å². The molecule has 1 rings (SSSR count). The highest BCUT2D eigenvalue weighted by Crippen LogP contribution is 2.14. The number of methoxy groups -OCH3 is 1.